The van der Waals surface area contributed by atoms with E-state index in [1.165, 1.54) is 0 Å². The Hall–Kier alpha value is -4.18. The number of aryl methyl sites for hydroxylation is 1. The summed E-state index contributed by atoms with van der Waals surface area (Å²) in [6, 6.07) is 28.1. The molecule has 0 fully saturated rings. The number of rotatable bonds is 2. The van der Waals surface area contributed by atoms with E-state index in [4.69, 9.17) is 0 Å². The Morgan fingerprint density at radius 3 is 2.39 bits per heavy atom. The van der Waals surface area contributed by atoms with Crippen LogP contribution in [0.15, 0.2) is 102 Å². The van der Waals surface area contributed by atoms with E-state index in [-0.39, 0.29) is 5.56 Å². The van der Waals surface area contributed by atoms with Crippen molar-refractivity contribution in [3.8, 4) is 16.8 Å². The van der Waals surface area contributed by atoms with Crippen LogP contribution in [0.4, 0.5) is 0 Å². The molecule has 0 saturated heterocycles. The SMILES string of the molecule is Cn1cc(-c2cc3ccccc3n(-c3cccc4cccnc34)c2=O)c2ccccc21. The molecule has 6 rings (SSSR count). The third kappa shape index (κ3) is 2.62. The second kappa shape index (κ2) is 6.67. The number of fused-ring (bicyclic) bond motifs is 3. The lowest BCUT2D eigenvalue weighted by molar-refractivity contribution is 0.969. The van der Waals surface area contributed by atoms with Gasteiger partial charge in [-0.05, 0) is 35.7 Å². The fourth-order valence-corrected chi connectivity index (χ4v) is 4.52. The molecule has 3 aromatic carbocycles. The van der Waals surface area contributed by atoms with Gasteiger partial charge in [-0.25, -0.2) is 0 Å². The van der Waals surface area contributed by atoms with Gasteiger partial charge in [-0.3, -0.25) is 14.3 Å². The average molecular weight is 401 g/mol. The Bertz CT molecular complexity index is 1670. The van der Waals surface area contributed by atoms with Crippen molar-refractivity contribution < 1.29 is 0 Å². The number of nitrogens with zero attached hydrogens (tertiary/aromatic N) is 3. The predicted octanol–water partition coefficient (Wildman–Crippen LogP) is 5.70. The van der Waals surface area contributed by atoms with Gasteiger partial charge >= 0.3 is 0 Å². The van der Waals surface area contributed by atoms with Crippen molar-refractivity contribution in [3.05, 3.63) is 108 Å². The molecular weight excluding hydrogens is 382 g/mol. The fraction of sp³-hybridized carbons (Fsp3) is 0.0370. The number of hydrogen-bond acceptors (Lipinski definition) is 2. The molecule has 31 heavy (non-hydrogen) atoms. The van der Waals surface area contributed by atoms with Gasteiger partial charge in [0.15, 0.2) is 0 Å². The predicted molar refractivity (Wildman–Crippen MR) is 127 cm³/mol. The second-order valence-corrected chi connectivity index (χ2v) is 7.78. The second-order valence-electron chi connectivity index (χ2n) is 7.78. The molecule has 3 aromatic heterocycles. The molecule has 0 aliphatic rings. The summed E-state index contributed by atoms with van der Waals surface area (Å²) in [5.74, 6) is 0. The third-order valence-corrected chi connectivity index (χ3v) is 5.95. The minimum absolute atomic E-state index is 0.0480. The Kier molecular flexibility index (Phi) is 3.80. The zero-order chi connectivity index (χ0) is 20.9. The van der Waals surface area contributed by atoms with Gasteiger partial charge in [0.25, 0.3) is 5.56 Å². The lowest BCUT2D eigenvalue weighted by atomic mass is 10.0. The van der Waals surface area contributed by atoms with Crippen LogP contribution >= 0.6 is 0 Å². The first-order valence-electron chi connectivity index (χ1n) is 10.3. The number of aromatic nitrogens is 3. The average Bonchev–Trinajstić information content (AvgIpc) is 3.15. The smallest absolute Gasteiger partial charge is 0.263 e. The summed E-state index contributed by atoms with van der Waals surface area (Å²) in [6.07, 6.45) is 3.81. The highest BCUT2D eigenvalue weighted by molar-refractivity contribution is 5.98. The van der Waals surface area contributed by atoms with Crippen molar-refractivity contribution in [2.45, 2.75) is 0 Å². The Labute approximate surface area is 178 Å². The van der Waals surface area contributed by atoms with E-state index in [0.29, 0.717) is 5.56 Å². The van der Waals surface area contributed by atoms with E-state index < -0.39 is 0 Å². The zero-order valence-electron chi connectivity index (χ0n) is 17.0. The summed E-state index contributed by atoms with van der Waals surface area (Å²) in [6.45, 7) is 0. The van der Waals surface area contributed by atoms with Crippen LogP contribution < -0.4 is 5.56 Å². The van der Waals surface area contributed by atoms with Crippen LogP contribution in [0.1, 0.15) is 0 Å². The first-order chi connectivity index (χ1) is 15.2. The van der Waals surface area contributed by atoms with Crippen molar-refractivity contribution in [1.82, 2.24) is 14.1 Å². The van der Waals surface area contributed by atoms with Crippen molar-refractivity contribution in [2.75, 3.05) is 0 Å². The zero-order valence-corrected chi connectivity index (χ0v) is 17.0. The maximum atomic E-state index is 14.0. The molecule has 0 atom stereocenters. The molecule has 0 aliphatic heterocycles. The minimum atomic E-state index is -0.0480. The van der Waals surface area contributed by atoms with E-state index >= 15 is 0 Å². The summed E-state index contributed by atoms with van der Waals surface area (Å²) in [5, 5.41) is 3.09. The summed E-state index contributed by atoms with van der Waals surface area (Å²) >= 11 is 0. The van der Waals surface area contributed by atoms with Gasteiger partial charge in [0.1, 0.15) is 0 Å². The van der Waals surface area contributed by atoms with Gasteiger partial charge in [0.2, 0.25) is 0 Å². The van der Waals surface area contributed by atoms with E-state index in [2.05, 4.69) is 27.8 Å². The largest absolute Gasteiger partial charge is 0.350 e. The molecule has 3 heterocycles. The standard InChI is InChI=1S/C27H19N3O/c1-29-17-22(20-11-3-5-13-24(20)29)21-16-19-8-2-4-12-23(19)30(27(21)31)25-14-6-9-18-10-7-15-28-26(18)25/h2-17H,1H3. The molecule has 148 valence electrons. The fourth-order valence-electron chi connectivity index (χ4n) is 4.52. The van der Waals surface area contributed by atoms with Crippen molar-refractivity contribution in [1.29, 1.82) is 0 Å². The highest BCUT2D eigenvalue weighted by Crippen LogP contribution is 2.31. The molecule has 0 saturated carbocycles. The molecule has 0 spiro atoms. The molecule has 4 nitrogen and oxygen atoms in total. The van der Waals surface area contributed by atoms with Crippen LogP contribution in [-0.2, 0) is 7.05 Å². The minimum Gasteiger partial charge on any atom is -0.350 e. The van der Waals surface area contributed by atoms with Crippen LogP contribution in [0.5, 0.6) is 0 Å². The lowest BCUT2D eigenvalue weighted by Crippen LogP contribution is -2.21. The summed E-state index contributed by atoms with van der Waals surface area (Å²) in [7, 11) is 2.01. The third-order valence-electron chi connectivity index (χ3n) is 5.95. The molecule has 0 unspecified atom stereocenters. The Balaban J connectivity index is 1.77. The van der Waals surface area contributed by atoms with Crippen molar-refractivity contribution in [3.63, 3.8) is 0 Å². The van der Waals surface area contributed by atoms with Crippen LogP contribution in [0, 0.1) is 0 Å². The number of para-hydroxylation sites is 3. The van der Waals surface area contributed by atoms with E-state index in [1.807, 2.05) is 84.5 Å². The monoisotopic (exact) mass is 401 g/mol. The summed E-state index contributed by atoms with van der Waals surface area (Å²) in [4.78, 5) is 18.6. The van der Waals surface area contributed by atoms with Crippen molar-refractivity contribution in [2.24, 2.45) is 7.05 Å². The maximum Gasteiger partial charge on any atom is 0.263 e. The van der Waals surface area contributed by atoms with Gasteiger partial charge in [0.05, 0.1) is 22.3 Å². The summed E-state index contributed by atoms with van der Waals surface area (Å²) in [5.41, 5.74) is 5.15. The molecule has 0 bridgehead atoms. The van der Waals surface area contributed by atoms with Crippen molar-refractivity contribution >= 4 is 32.7 Å². The van der Waals surface area contributed by atoms with Crippen LogP contribution in [-0.4, -0.2) is 14.1 Å². The van der Waals surface area contributed by atoms with E-state index in [9.17, 15) is 4.79 Å². The maximum absolute atomic E-state index is 14.0. The lowest BCUT2D eigenvalue weighted by Gasteiger charge is -2.14. The van der Waals surface area contributed by atoms with Gasteiger partial charge in [-0.15, -0.1) is 0 Å². The molecule has 0 amide bonds. The molecule has 0 N–H and O–H groups in total. The normalized spacial score (nSPS) is 11.5. The molecule has 0 radical (unpaired) electrons. The van der Waals surface area contributed by atoms with Crippen LogP contribution in [0.2, 0.25) is 0 Å². The quantitative estimate of drug-likeness (QED) is 0.373. The van der Waals surface area contributed by atoms with E-state index in [0.717, 1.165) is 44.0 Å². The van der Waals surface area contributed by atoms with Gasteiger partial charge in [-0.2, -0.15) is 0 Å². The topological polar surface area (TPSA) is 39.8 Å². The van der Waals surface area contributed by atoms with Gasteiger partial charge in [-0.1, -0.05) is 54.6 Å². The highest BCUT2D eigenvalue weighted by Gasteiger charge is 2.17. The molecule has 4 heteroatoms. The number of benzene rings is 3. The number of hydrogen-bond donors (Lipinski definition) is 0. The van der Waals surface area contributed by atoms with Gasteiger partial charge < -0.3 is 4.57 Å². The first kappa shape index (κ1) is 17.7. The highest BCUT2D eigenvalue weighted by atomic mass is 16.1. The molecule has 0 aliphatic carbocycles. The molecular formula is C27H19N3O. The Morgan fingerprint density at radius 2 is 1.48 bits per heavy atom. The summed E-state index contributed by atoms with van der Waals surface area (Å²) < 4.78 is 3.88. The van der Waals surface area contributed by atoms with Crippen LogP contribution in [0.3, 0.4) is 0 Å². The van der Waals surface area contributed by atoms with E-state index in [1.54, 1.807) is 6.20 Å². The molecule has 6 aromatic rings. The number of pyridine rings is 2. The van der Waals surface area contributed by atoms with Gasteiger partial charge in [0, 0.05) is 41.3 Å². The van der Waals surface area contributed by atoms with Crippen LogP contribution in [0.25, 0.3) is 49.5 Å². The Morgan fingerprint density at radius 1 is 0.742 bits per heavy atom. The first-order valence-corrected chi connectivity index (χ1v) is 10.3.